The molecule has 0 aromatic carbocycles. The third-order valence-corrected chi connectivity index (χ3v) is 3.42. The summed E-state index contributed by atoms with van der Waals surface area (Å²) in [5, 5.41) is 4.25. The maximum atomic E-state index is 5.71. The molecule has 0 fully saturated rings. The summed E-state index contributed by atoms with van der Waals surface area (Å²) in [6.45, 7) is 5.88. The highest BCUT2D eigenvalue weighted by molar-refractivity contribution is 5.07. The van der Waals surface area contributed by atoms with E-state index in [1.165, 1.54) is 5.56 Å². The minimum atomic E-state index is 0.843. The van der Waals surface area contributed by atoms with Gasteiger partial charge in [0.25, 0.3) is 0 Å². The molecule has 2 aromatic rings. The van der Waals surface area contributed by atoms with Crippen molar-refractivity contribution in [3.8, 4) is 0 Å². The molecule has 0 spiro atoms. The van der Waals surface area contributed by atoms with E-state index in [1.54, 1.807) is 0 Å². The van der Waals surface area contributed by atoms with E-state index < -0.39 is 0 Å². The fourth-order valence-electron chi connectivity index (χ4n) is 2.43. The maximum absolute atomic E-state index is 5.71. The van der Waals surface area contributed by atoms with Gasteiger partial charge in [-0.2, -0.15) is 5.10 Å². The highest BCUT2D eigenvalue weighted by Gasteiger charge is 2.10. The minimum absolute atomic E-state index is 0.843. The van der Waals surface area contributed by atoms with E-state index in [-0.39, 0.29) is 0 Å². The first kappa shape index (κ1) is 15.8. The van der Waals surface area contributed by atoms with Gasteiger partial charge in [-0.05, 0) is 46.1 Å². The highest BCUT2D eigenvalue weighted by Crippen LogP contribution is 2.13. The van der Waals surface area contributed by atoms with Crippen LogP contribution in [0.25, 0.3) is 0 Å². The second-order valence-corrected chi connectivity index (χ2v) is 5.90. The Labute approximate surface area is 127 Å². The van der Waals surface area contributed by atoms with Crippen LogP contribution in [0.1, 0.15) is 23.5 Å². The van der Waals surface area contributed by atoms with Gasteiger partial charge in [-0.1, -0.05) is 0 Å². The Kier molecular flexibility index (Phi) is 5.59. The third kappa shape index (κ3) is 5.36. The van der Waals surface area contributed by atoms with Crippen molar-refractivity contribution in [2.75, 3.05) is 27.2 Å². The number of aromatic nitrogens is 2. The average molecular weight is 290 g/mol. The van der Waals surface area contributed by atoms with Crippen molar-refractivity contribution in [1.29, 1.82) is 0 Å². The molecule has 0 aliphatic rings. The second kappa shape index (κ2) is 7.43. The largest absolute Gasteiger partial charge is 0.465 e. The molecule has 0 radical (unpaired) electrons. The summed E-state index contributed by atoms with van der Waals surface area (Å²) in [6.07, 6.45) is 5.16. The molecule has 0 bridgehead atoms. The predicted octanol–water partition coefficient (Wildman–Crippen LogP) is 2.28. The van der Waals surface area contributed by atoms with E-state index in [1.807, 2.05) is 30.9 Å². The highest BCUT2D eigenvalue weighted by atomic mass is 16.3. The fourth-order valence-corrected chi connectivity index (χ4v) is 2.43. The molecular weight excluding hydrogens is 264 g/mol. The molecule has 5 nitrogen and oxygen atoms in total. The van der Waals surface area contributed by atoms with E-state index in [0.717, 1.165) is 44.1 Å². The predicted molar refractivity (Wildman–Crippen MR) is 83.9 cm³/mol. The summed E-state index contributed by atoms with van der Waals surface area (Å²) in [7, 11) is 6.18. The summed E-state index contributed by atoms with van der Waals surface area (Å²) >= 11 is 0. The van der Waals surface area contributed by atoms with Crippen molar-refractivity contribution in [2.45, 2.75) is 26.4 Å². The van der Waals surface area contributed by atoms with Crippen LogP contribution in [0.4, 0.5) is 0 Å². The van der Waals surface area contributed by atoms with E-state index >= 15 is 0 Å². The van der Waals surface area contributed by atoms with Crippen LogP contribution in [-0.2, 0) is 20.1 Å². The SMILES string of the molecule is Cc1ccc(CN(CCCN(C)C)Cc2cnn(C)c2)o1. The van der Waals surface area contributed by atoms with Crippen LogP contribution in [0, 0.1) is 6.92 Å². The van der Waals surface area contributed by atoms with E-state index in [9.17, 15) is 0 Å². The Morgan fingerprint density at radius 2 is 2.00 bits per heavy atom. The summed E-state index contributed by atoms with van der Waals surface area (Å²) in [4.78, 5) is 4.64. The van der Waals surface area contributed by atoms with Crippen LogP contribution in [-0.4, -0.2) is 46.8 Å². The molecule has 0 amide bonds. The lowest BCUT2D eigenvalue weighted by atomic mass is 10.2. The van der Waals surface area contributed by atoms with Crippen LogP contribution >= 0.6 is 0 Å². The van der Waals surface area contributed by atoms with Crippen LogP contribution < -0.4 is 0 Å². The minimum Gasteiger partial charge on any atom is -0.465 e. The zero-order valence-corrected chi connectivity index (χ0v) is 13.5. The Morgan fingerprint density at radius 1 is 1.19 bits per heavy atom. The van der Waals surface area contributed by atoms with Crippen molar-refractivity contribution in [3.63, 3.8) is 0 Å². The normalized spacial score (nSPS) is 11.7. The van der Waals surface area contributed by atoms with Crippen LogP contribution in [0.15, 0.2) is 28.9 Å². The lowest BCUT2D eigenvalue weighted by Crippen LogP contribution is -2.26. The van der Waals surface area contributed by atoms with Crippen LogP contribution in [0.5, 0.6) is 0 Å². The van der Waals surface area contributed by atoms with Crippen molar-refractivity contribution >= 4 is 0 Å². The quantitative estimate of drug-likeness (QED) is 0.747. The summed E-state index contributed by atoms with van der Waals surface area (Å²) in [6, 6.07) is 4.09. The standard InChI is InChI=1S/C16H26N4O/c1-14-6-7-16(21-14)13-20(9-5-8-18(2)3)12-15-10-17-19(4)11-15/h6-7,10-11H,5,8-9,12-13H2,1-4H3. The molecule has 2 rings (SSSR count). The Bertz CT molecular complexity index is 502. The molecule has 0 aliphatic heterocycles. The molecule has 2 heterocycles. The first-order chi connectivity index (χ1) is 10.0. The molecule has 0 saturated carbocycles. The van der Waals surface area contributed by atoms with Crippen molar-refractivity contribution in [1.82, 2.24) is 19.6 Å². The number of hydrogen-bond donors (Lipinski definition) is 0. The first-order valence-electron chi connectivity index (χ1n) is 7.43. The molecule has 0 saturated heterocycles. The second-order valence-electron chi connectivity index (χ2n) is 5.90. The van der Waals surface area contributed by atoms with Crippen molar-refractivity contribution < 1.29 is 4.42 Å². The smallest absolute Gasteiger partial charge is 0.118 e. The fraction of sp³-hybridized carbons (Fsp3) is 0.562. The number of nitrogens with zero attached hydrogens (tertiary/aromatic N) is 4. The number of rotatable bonds is 8. The first-order valence-corrected chi connectivity index (χ1v) is 7.43. The molecule has 5 heteroatoms. The molecule has 0 unspecified atom stereocenters. The van der Waals surface area contributed by atoms with Gasteiger partial charge < -0.3 is 9.32 Å². The number of aryl methyl sites for hydroxylation is 2. The van der Waals surface area contributed by atoms with Gasteiger partial charge in [0.1, 0.15) is 11.5 Å². The summed E-state index contributed by atoms with van der Waals surface area (Å²) in [5.74, 6) is 2.00. The van der Waals surface area contributed by atoms with Gasteiger partial charge in [-0.25, -0.2) is 0 Å². The number of hydrogen-bond acceptors (Lipinski definition) is 4. The van der Waals surface area contributed by atoms with Gasteiger partial charge in [0.05, 0.1) is 12.7 Å². The van der Waals surface area contributed by atoms with E-state index in [2.05, 4.69) is 41.3 Å². The monoisotopic (exact) mass is 290 g/mol. The molecule has 116 valence electrons. The average Bonchev–Trinajstić information content (AvgIpc) is 2.98. The Hall–Kier alpha value is -1.59. The van der Waals surface area contributed by atoms with Gasteiger partial charge in [-0.15, -0.1) is 0 Å². The molecule has 0 aliphatic carbocycles. The molecule has 0 N–H and O–H groups in total. The van der Waals surface area contributed by atoms with Gasteiger partial charge >= 0.3 is 0 Å². The van der Waals surface area contributed by atoms with Gasteiger partial charge in [-0.3, -0.25) is 9.58 Å². The van der Waals surface area contributed by atoms with Crippen LogP contribution in [0.3, 0.4) is 0 Å². The molecule has 21 heavy (non-hydrogen) atoms. The molecular formula is C16H26N4O. The maximum Gasteiger partial charge on any atom is 0.118 e. The third-order valence-electron chi connectivity index (χ3n) is 3.42. The van der Waals surface area contributed by atoms with Crippen molar-refractivity contribution in [3.05, 3.63) is 41.6 Å². The van der Waals surface area contributed by atoms with Gasteiger partial charge in [0, 0.05) is 31.9 Å². The van der Waals surface area contributed by atoms with E-state index in [0.29, 0.717) is 0 Å². The zero-order chi connectivity index (χ0) is 15.2. The molecule has 2 aromatic heterocycles. The van der Waals surface area contributed by atoms with Crippen LogP contribution in [0.2, 0.25) is 0 Å². The lowest BCUT2D eigenvalue weighted by molar-refractivity contribution is 0.221. The van der Waals surface area contributed by atoms with Gasteiger partial charge in [0.2, 0.25) is 0 Å². The summed E-state index contributed by atoms with van der Waals surface area (Å²) < 4.78 is 7.56. The Balaban J connectivity index is 1.95. The molecule has 0 atom stereocenters. The summed E-state index contributed by atoms with van der Waals surface area (Å²) in [5.41, 5.74) is 1.24. The van der Waals surface area contributed by atoms with Crippen molar-refractivity contribution in [2.24, 2.45) is 7.05 Å². The topological polar surface area (TPSA) is 37.4 Å². The lowest BCUT2D eigenvalue weighted by Gasteiger charge is -2.21. The van der Waals surface area contributed by atoms with E-state index in [4.69, 9.17) is 4.42 Å². The zero-order valence-electron chi connectivity index (χ0n) is 13.5. The van der Waals surface area contributed by atoms with Gasteiger partial charge in [0.15, 0.2) is 0 Å². The number of furan rings is 1. The Morgan fingerprint density at radius 3 is 2.57 bits per heavy atom.